The van der Waals surface area contributed by atoms with Crippen LogP contribution in [0.1, 0.15) is 18.4 Å². The number of benzene rings is 1. The quantitative estimate of drug-likeness (QED) is 0.898. The van der Waals surface area contributed by atoms with Crippen molar-refractivity contribution in [3.05, 3.63) is 29.3 Å². The van der Waals surface area contributed by atoms with Crippen molar-refractivity contribution < 1.29 is 9.59 Å². The molecule has 0 radical (unpaired) electrons. The fourth-order valence-corrected chi connectivity index (χ4v) is 3.82. The molecule has 1 atom stereocenters. The molecule has 2 N–H and O–H groups in total. The lowest BCUT2D eigenvalue weighted by Gasteiger charge is -2.23. The summed E-state index contributed by atoms with van der Waals surface area (Å²) in [6.07, 6.45) is 0.886. The minimum atomic E-state index is -0.437. The number of carbonyl (C=O) groups excluding carboxylic acids is 2. The first-order valence-electron chi connectivity index (χ1n) is 6.84. The number of para-hydroxylation sites is 1. The number of amides is 2. The predicted octanol–water partition coefficient (Wildman–Crippen LogP) is 2.54. The van der Waals surface area contributed by atoms with E-state index in [-0.39, 0.29) is 18.2 Å². The Labute approximate surface area is 135 Å². The zero-order chi connectivity index (χ0) is 15.5. The van der Waals surface area contributed by atoms with E-state index in [1.807, 2.05) is 31.2 Å². The van der Waals surface area contributed by atoms with E-state index in [4.69, 9.17) is 0 Å². The van der Waals surface area contributed by atoms with Gasteiger partial charge in [0.2, 0.25) is 16.9 Å². The molecule has 0 saturated carbocycles. The molecule has 2 heterocycles. The fourth-order valence-electron chi connectivity index (χ4n) is 2.01. The third-order valence-corrected chi connectivity index (χ3v) is 5.35. The number of anilines is 2. The normalized spacial score (nSPS) is 16.8. The van der Waals surface area contributed by atoms with Crippen molar-refractivity contribution in [3.63, 3.8) is 0 Å². The molecule has 1 aromatic carbocycles. The lowest BCUT2D eigenvalue weighted by atomic mass is 10.2. The van der Waals surface area contributed by atoms with Crippen LogP contribution in [0.25, 0.3) is 0 Å². The van der Waals surface area contributed by atoms with E-state index in [1.165, 1.54) is 23.1 Å². The first-order chi connectivity index (χ1) is 10.7. The van der Waals surface area contributed by atoms with Gasteiger partial charge in [-0.15, -0.1) is 22.0 Å². The van der Waals surface area contributed by atoms with Gasteiger partial charge in [0.05, 0.1) is 10.9 Å². The lowest BCUT2D eigenvalue weighted by molar-refractivity contribution is -0.120. The van der Waals surface area contributed by atoms with Gasteiger partial charge in [0.1, 0.15) is 5.01 Å². The first kappa shape index (κ1) is 15.0. The molecule has 8 heteroatoms. The highest BCUT2D eigenvalue weighted by molar-refractivity contribution is 8.01. The zero-order valence-electron chi connectivity index (χ0n) is 11.8. The van der Waals surface area contributed by atoms with Gasteiger partial charge in [0.15, 0.2) is 0 Å². The number of carbonyl (C=O) groups is 2. The van der Waals surface area contributed by atoms with Crippen LogP contribution < -0.4 is 10.6 Å². The van der Waals surface area contributed by atoms with Crippen LogP contribution in [0.5, 0.6) is 0 Å². The Morgan fingerprint density at radius 1 is 1.36 bits per heavy atom. The zero-order valence-corrected chi connectivity index (χ0v) is 13.5. The molecule has 22 heavy (non-hydrogen) atoms. The monoisotopic (exact) mass is 334 g/mol. The summed E-state index contributed by atoms with van der Waals surface area (Å²) < 4.78 is 0. The Kier molecular flexibility index (Phi) is 4.39. The number of hydrogen-bond acceptors (Lipinski definition) is 6. The molecule has 0 aliphatic carbocycles. The minimum absolute atomic E-state index is 0.103. The third-order valence-electron chi connectivity index (χ3n) is 3.09. The van der Waals surface area contributed by atoms with E-state index in [1.54, 1.807) is 0 Å². The minimum Gasteiger partial charge on any atom is -0.324 e. The lowest BCUT2D eigenvalue weighted by Crippen LogP contribution is -2.32. The molecular weight excluding hydrogens is 320 g/mol. The molecule has 1 aromatic heterocycles. The fraction of sp³-hybridized carbons (Fsp3) is 0.286. The summed E-state index contributed by atoms with van der Waals surface area (Å²) in [6, 6.07) is 7.56. The molecule has 3 rings (SSSR count). The SMILES string of the molecule is CCc1nnc(NC(=O)C[C@H]2Sc3ccccc3NC2=O)s1. The second-order valence-corrected chi connectivity index (χ2v) is 7.01. The highest BCUT2D eigenvalue weighted by Crippen LogP contribution is 2.36. The summed E-state index contributed by atoms with van der Waals surface area (Å²) in [5.74, 6) is -0.379. The van der Waals surface area contributed by atoms with Crippen LogP contribution in [-0.2, 0) is 16.0 Å². The van der Waals surface area contributed by atoms with Gasteiger partial charge in [-0.05, 0) is 18.6 Å². The maximum Gasteiger partial charge on any atom is 0.238 e. The van der Waals surface area contributed by atoms with Gasteiger partial charge in [-0.2, -0.15) is 0 Å². The van der Waals surface area contributed by atoms with Gasteiger partial charge < -0.3 is 10.6 Å². The molecule has 2 aromatic rings. The van der Waals surface area contributed by atoms with Crippen LogP contribution >= 0.6 is 23.1 Å². The van der Waals surface area contributed by atoms with E-state index in [9.17, 15) is 9.59 Å². The predicted molar refractivity (Wildman–Crippen MR) is 87.3 cm³/mol. The van der Waals surface area contributed by atoms with Gasteiger partial charge in [-0.1, -0.05) is 30.4 Å². The second-order valence-electron chi connectivity index (χ2n) is 4.70. The highest BCUT2D eigenvalue weighted by atomic mass is 32.2. The van der Waals surface area contributed by atoms with Crippen molar-refractivity contribution in [3.8, 4) is 0 Å². The number of aromatic nitrogens is 2. The molecule has 0 unspecified atom stereocenters. The van der Waals surface area contributed by atoms with E-state index in [0.29, 0.717) is 5.13 Å². The number of aryl methyl sites for hydroxylation is 1. The van der Waals surface area contributed by atoms with Crippen molar-refractivity contribution in [2.24, 2.45) is 0 Å². The molecule has 1 aliphatic rings. The average molecular weight is 334 g/mol. The van der Waals surface area contributed by atoms with Gasteiger partial charge in [0, 0.05) is 11.3 Å². The van der Waals surface area contributed by atoms with Crippen LogP contribution in [0.15, 0.2) is 29.2 Å². The molecule has 6 nitrogen and oxygen atoms in total. The maximum atomic E-state index is 12.1. The van der Waals surface area contributed by atoms with Crippen LogP contribution in [-0.4, -0.2) is 27.3 Å². The average Bonchev–Trinajstić information content (AvgIpc) is 2.95. The smallest absolute Gasteiger partial charge is 0.238 e. The van der Waals surface area contributed by atoms with E-state index < -0.39 is 5.25 Å². The summed E-state index contributed by atoms with van der Waals surface area (Å²) in [7, 11) is 0. The van der Waals surface area contributed by atoms with Crippen molar-refractivity contribution >= 4 is 45.7 Å². The second kappa shape index (κ2) is 6.45. The summed E-state index contributed by atoms with van der Waals surface area (Å²) in [5.41, 5.74) is 0.797. The summed E-state index contributed by atoms with van der Waals surface area (Å²) in [5, 5.41) is 14.3. The molecular formula is C14H14N4O2S2. The Balaban J connectivity index is 1.63. The van der Waals surface area contributed by atoms with E-state index in [2.05, 4.69) is 20.8 Å². The van der Waals surface area contributed by atoms with E-state index in [0.717, 1.165) is 22.0 Å². The van der Waals surface area contributed by atoms with Crippen LogP contribution in [0.4, 0.5) is 10.8 Å². The first-order valence-corrected chi connectivity index (χ1v) is 8.54. The van der Waals surface area contributed by atoms with Crippen molar-refractivity contribution in [2.75, 3.05) is 10.6 Å². The summed E-state index contributed by atoms with van der Waals surface area (Å²) in [4.78, 5) is 25.1. The topological polar surface area (TPSA) is 84.0 Å². The number of fused-ring (bicyclic) bond motifs is 1. The van der Waals surface area contributed by atoms with Crippen molar-refractivity contribution in [1.82, 2.24) is 10.2 Å². The maximum absolute atomic E-state index is 12.1. The van der Waals surface area contributed by atoms with Crippen molar-refractivity contribution in [1.29, 1.82) is 0 Å². The third kappa shape index (κ3) is 3.28. The van der Waals surface area contributed by atoms with Crippen LogP contribution in [0.3, 0.4) is 0 Å². The Hall–Kier alpha value is -1.93. The molecule has 114 valence electrons. The molecule has 0 saturated heterocycles. The molecule has 0 bridgehead atoms. The van der Waals surface area contributed by atoms with Crippen LogP contribution in [0.2, 0.25) is 0 Å². The largest absolute Gasteiger partial charge is 0.324 e. The summed E-state index contributed by atoms with van der Waals surface area (Å²) >= 11 is 2.76. The molecule has 0 spiro atoms. The Bertz CT molecular complexity index is 716. The van der Waals surface area contributed by atoms with Gasteiger partial charge in [-0.3, -0.25) is 9.59 Å². The Morgan fingerprint density at radius 2 is 2.18 bits per heavy atom. The summed E-state index contributed by atoms with van der Waals surface area (Å²) in [6.45, 7) is 1.98. The van der Waals surface area contributed by atoms with Gasteiger partial charge >= 0.3 is 0 Å². The van der Waals surface area contributed by atoms with Crippen molar-refractivity contribution in [2.45, 2.75) is 29.9 Å². The molecule has 1 aliphatic heterocycles. The number of hydrogen-bond donors (Lipinski definition) is 2. The number of thioether (sulfide) groups is 1. The van der Waals surface area contributed by atoms with Crippen LogP contribution in [0, 0.1) is 0 Å². The Morgan fingerprint density at radius 3 is 2.95 bits per heavy atom. The molecule has 0 fully saturated rings. The number of nitrogens with zero attached hydrogens (tertiary/aromatic N) is 2. The van der Waals surface area contributed by atoms with Gasteiger partial charge in [-0.25, -0.2) is 0 Å². The number of rotatable bonds is 4. The highest BCUT2D eigenvalue weighted by Gasteiger charge is 2.29. The standard InChI is InChI=1S/C14H14N4O2S2/c1-2-12-17-18-14(22-12)16-11(19)7-10-13(20)15-8-5-3-4-6-9(8)21-10/h3-6,10H,2,7H2,1H3,(H,15,20)(H,16,18,19)/t10-/m1/s1. The molecule has 2 amide bonds. The van der Waals surface area contributed by atoms with Gasteiger partial charge in [0.25, 0.3) is 0 Å². The number of nitrogens with one attached hydrogen (secondary N) is 2. The van der Waals surface area contributed by atoms with E-state index >= 15 is 0 Å².